The Hall–Kier alpha value is -1.29. The lowest BCUT2D eigenvalue weighted by Gasteiger charge is -2.33. The highest BCUT2D eigenvalue weighted by molar-refractivity contribution is 7.89. The average molecular weight is 398 g/mol. The molecule has 0 unspecified atom stereocenters. The van der Waals surface area contributed by atoms with Gasteiger partial charge in [0.05, 0.1) is 5.75 Å². The van der Waals surface area contributed by atoms with Crippen LogP contribution >= 0.6 is 12.4 Å². The fourth-order valence-electron chi connectivity index (χ4n) is 2.55. The van der Waals surface area contributed by atoms with Gasteiger partial charge in [-0.05, 0) is 18.7 Å². The van der Waals surface area contributed by atoms with E-state index >= 15 is 0 Å². The molecule has 1 N–H and O–H groups in total. The minimum Gasteiger partial charge on any atom is -0.351 e. The fourth-order valence-corrected chi connectivity index (χ4v) is 3.89. The molecular weight excluding hydrogens is 376 g/mol. The van der Waals surface area contributed by atoms with Crippen molar-refractivity contribution in [3.8, 4) is 0 Å². The molecule has 142 valence electrons. The Labute approximate surface area is 152 Å². The van der Waals surface area contributed by atoms with Crippen molar-refractivity contribution < 1.29 is 22.0 Å². The van der Waals surface area contributed by atoms with Gasteiger partial charge in [-0.2, -0.15) is 4.31 Å². The van der Waals surface area contributed by atoms with Crippen LogP contribution in [0.15, 0.2) is 18.2 Å². The number of likely N-dealkylation sites (N-methyl/N-ethyl adjacent to an activating group) is 1. The Morgan fingerprint density at radius 3 is 2.24 bits per heavy atom. The number of hydrogen-bond acceptors (Lipinski definition) is 4. The van der Waals surface area contributed by atoms with E-state index in [9.17, 15) is 22.0 Å². The quantitative estimate of drug-likeness (QED) is 0.780. The van der Waals surface area contributed by atoms with Crippen LogP contribution in [0.4, 0.5) is 8.78 Å². The molecule has 25 heavy (non-hydrogen) atoms. The summed E-state index contributed by atoms with van der Waals surface area (Å²) in [7, 11) is -3.51. The molecule has 1 aliphatic rings. The van der Waals surface area contributed by atoms with Crippen LogP contribution in [0.1, 0.15) is 17.3 Å². The highest BCUT2D eigenvalue weighted by Crippen LogP contribution is 2.12. The molecule has 0 aliphatic carbocycles. The summed E-state index contributed by atoms with van der Waals surface area (Å²) in [6.45, 7) is 4.84. The number of halogens is 3. The molecule has 10 heteroatoms. The minimum atomic E-state index is -3.51. The van der Waals surface area contributed by atoms with Crippen molar-refractivity contribution in [1.29, 1.82) is 0 Å². The SMILES string of the molecule is CCN1CCN(S(=O)(=O)CCNC(=O)c2c(F)cccc2F)CC1.Cl. The number of amides is 1. The van der Waals surface area contributed by atoms with E-state index in [4.69, 9.17) is 0 Å². The van der Waals surface area contributed by atoms with Crippen LogP contribution in [0.2, 0.25) is 0 Å². The number of carbonyl (C=O) groups excluding carboxylic acids is 1. The highest BCUT2D eigenvalue weighted by atomic mass is 35.5. The molecule has 1 fully saturated rings. The van der Waals surface area contributed by atoms with E-state index in [0.29, 0.717) is 26.2 Å². The number of sulfonamides is 1. The van der Waals surface area contributed by atoms with Gasteiger partial charge in [-0.3, -0.25) is 4.79 Å². The van der Waals surface area contributed by atoms with Gasteiger partial charge >= 0.3 is 0 Å². The summed E-state index contributed by atoms with van der Waals surface area (Å²) in [5.41, 5.74) is -0.702. The van der Waals surface area contributed by atoms with E-state index in [2.05, 4.69) is 10.2 Å². The maximum atomic E-state index is 13.5. The van der Waals surface area contributed by atoms with Crippen molar-refractivity contribution in [2.24, 2.45) is 0 Å². The van der Waals surface area contributed by atoms with Crippen molar-refractivity contribution in [2.45, 2.75) is 6.92 Å². The Morgan fingerprint density at radius 1 is 1.16 bits per heavy atom. The predicted molar refractivity (Wildman–Crippen MR) is 93.4 cm³/mol. The topological polar surface area (TPSA) is 69.7 Å². The standard InChI is InChI=1S/C15H21F2N3O3S.ClH/c1-2-19-7-9-20(10-8-19)24(22,23)11-6-18-15(21)14-12(16)4-3-5-13(14)17;/h3-5H,2,6-11H2,1H3,(H,18,21);1H. The monoisotopic (exact) mass is 397 g/mol. The van der Waals surface area contributed by atoms with E-state index in [1.165, 1.54) is 4.31 Å². The lowest BCUT2D eigenvalue weighted by molar-refractivity contribution is 0.0947. The number of carbonyl (C=O) groups is 1. The second-order valence-electron chi connectivity index (χ2n) is 5.50. The third kappa shape index (κ3) is 5.60. The van der Waals surface area contributed by atoms with Crippen LogP contribution in [-0.4, -0.2) is 68.6 Å². The number of benzene rings is 1. The maximum Gasteiger partial charge on any atom is 0.257 e. The molecule has 0 saturated carbocycles. The first-order valence-electron chi connectivity index (χ1n) is 7.77. The summed E-state index contributed by atoms with van der Waals surface area (Å²) in [5, 5.41) is 2.26. The van der Waals surface area contributed by atoms with Crippen LogP contribution < -0.4 is 5.32 Å². The van der Waals surface area contributed by atoms with Gasteiger partial charge in [-0.1, -0.05) is 13.0 Å². The van der Waals surface area contributed by atoms with Gasteiger partial charge in [0.25, 0.3) is 5.91 Å². The molecule has 0 spiro atoms. The highest BCUT2D eigenvalue weighted by Gasteiger charge is 2.26. The van der Waals surface area contributed by atoms with E-state index in [1.807, 2.05) is 6.92 Å². The summed E-state index contributed by atoms with van der Waals surface area (Å²) < 4.78 is 52.8. The first kappa shape index (κ1) is 21.8. The smallest absolute Gasteiger partial charge is 0.257 e. The summed E-state index contributed by atoms with van der Waals surface area (Å²) in [6, 6.07) is 3.10. The Bertz CT molecular complexity index is 675. The van der Waals surface area contributed by atoms with E-state index < -0.39 is 33.1 Å². The van der Waals surface area contributed by atoms with Crippen LogP contribution in [0.25, 0.3) is 0 Å². The zero-order valence-corrected chi connectivity index (χ0v) is 15.5. The minimum absolute atomic E-state index is 0. The lowest BCUT2D eigenvalue weighted by atomic mass is 10.2. The van der Waals surface area contributed by atoms with Crippen molar-refractivity contribution in [2.75, 3.05) is 45.0 Å². The van der Waals surface area contributed by atoms with Crippen LogP contribution in [0, 0.1) is 11.6 Å². The predicted octanol–water partition coefficient (Wildman–Crippen LogP) is 1.08. The Morgan fingerprint density at radius 2 is 1.72 bits per heavy atom. The maximum absolute atomic E-state index is 13.5. The van der Waals surface area contributed by atoms with Crippen molar-refractivity contribution in [1.82, 2.24) is 14.5 Å². The largest absolute Gasteiger partial charge is 0.351 e. The van der Waals surface area contributed by atoms with Crippen molar-refractivity contribution in [3.05, 3.63) is 35.4 Å². The fraction of sp³-hybridized carbons (Fsp3) is 0.533. The normalized spacial score (nSPS) is 16.3. The molecule has 1 aliphatic heterocycles. The second kappa shape index (κ2) is 9.42. The lowest BCUT2D eigenvalue weighted by Crippen LogP contribution is -2.49. The summed E-state index contributed by atoms with van der Waals surface area (Å²) in [5.74, 6) is -3.23. The average Bonchev–Trinajstić information content (AvgIpc) is 2.54. The molecule has 1 aromatic rings. The summed E-state index contributed by atoms with van der Waals surface area (Å²) >= 11 is 0. The van der Waals surface area contributed by atoms with Crippen molar-refractivity contribution >= 4 is 28.3 Å². The van der Waals surface area contributed by atoms with E-state index in [-0.39, 0.29) is 24.7 Å². The van der Waals surface area contributed by atoms with Crippen LogP contribution in [0.3, 0.4) is 0 Å². The zero-order chi connectivity index (χ0) is 17.7. The molecule has 0 aromatic heterocycles. The molecule has 1 saturated heterocycles. The number of nitrogens with zero attached hydrogens (tertiary/aromatic N) is 2. The van der Waals surface area contributed by atoms with Gasteiger partial charge in [0.2, 0.25) is 10.0 Å². The number of nitrogens with one attached hydrogen (secondary N) is 1. The summed E-state index contributed by atoms with van der Waals surface area (Å²) in [6.07, 6.45) is 0. The molecule has 6 nitrogen and oxygen atoms in total. The molecule has 0 radical (unpaired) electrons. The molecular formula is C15H22ClF2N3O3S. The van der Waals surface area contributed by atoms with Gasteiger partial charge in [0.1, 0.15) is 17.2 Å². The molecule has 1 amide bonds. The van der Waals surface area contributed by atoms with Crippen molar-refractivity contribution in [3.63, 3.8) is 0 Å². The van der Waals surface area contributed by atoms with Crippen LogP contribution in [0.5, 0.6) is 0 Å². The van der Waals surface area contributed by atoms with Gasteiger partial charge in [-0.15, -0.1) is 12.4 Å². The number of rotatable bonds is 6. The molecule has 0 atom stereocenters. The molecule has 1 heterocycles. The van der Waals surface area contributed by atoms with Gasteiger partial charge < -0.3 is 10.2 Å². The number of piperazine rings is 1. The van der Waals surface area contributed by atoms with Gasteiger partial charge in [0, 0.05) is 32.7 Å². The third-order valence-electron chi connectivity index (χ3n) is 4.01. The molecule has 1 aromatic carbocycles. The second-order valence-corrected chi connectivity index (χ2v) is 7.59. The zero-order valence-electron chi connectivity index (χ0n) is 13.9. The Balaban J connectivity index is 0.00000312. The molecule has 0 bridgehead atoms. The third-order valence-corrected chi connectivity index (χ3v) is 5.88. The summed E-state index contributed by atoms with van der Waals surface area (Å²) in [4.78, 5) is 14.0. The van der Waals surface area contributed by atoms with Gasteiger partial charge in [-0.25, -0.2) is 17.2 Å². The Kier molecular flexibility index (Phi) is 8.20. The van der Waals surface area contributed by atoms with Gasteiger partial charge in [0.15, 0.2) is 0 Å². The van der Waals surface area contributed by atoms with Crippen LogP contribution in [-0.2, 0) is 10.0 Å². The molecule has 2 rings (SSSR count). The number of hydrogen-bond donors (Lipinski definition) is 1. The first-order chi connectivity index (χ1) is 11.3. The first-order valence-corrected chi connectivity index (χ1v) is 9.38. The van der Waals surface area contributed by atoms with E-state index in [0.717, 1.165) is 24.7 Å². The van der Waals surface area contributed by atoms with E-state index in [1.54, 1.807) is 0 Å².